The molecule has 4 nitrogen and oxygen atoms in total. The molecule has 1 atom stereocenters. The van der Waals surface area contributed by atoms with Gasteiger partial charge in [0.15, 0.2) is 0 Å². The summed E-state index contributed by atoms with van der Waals surface area (Å²) in [5.74, 6) is 0.949. The second-order valence-corrected chi connectivity index (χ2v) is 3.19. The molecule has 2 heterocycles. The normalized spacial score (nSPS) is 12.9. The monoisotopic (exact) mass is 191 g/mol. The van der Waals surface area contributed by atoms with Crippen LogP contribution < -0.4 is 5.32 Å². The molecular weight excluding hydrogens is 178 g/mol. The van der Waals surface area contributed by atoms with Gasteiger partial charge in [0.05, 0.1) is 18.6 Å². The van der Waals surface area contributed by atoms with Crippen molar-refractivity contribution in [1.29, 1.82) is 0 Å². The number of aromatic amines is 1. The minimum Gasteiger partial charge on any atom is -0.468 e. The molecule has 2 N–H and O–H groups in total. The summed E-state index contributed by atoms with van der Waals surface area (Å²) >= 11 is 0. The highest BCUT2D eigenvalue weighted by atomic mass is 16.3. The van der Waals surface area contributed by atoms with Crippen LogP contribution in [0.25, 0.3) is 0 Å². The number of nitrogens with zero attached hydrogens (tertiary/aromatic N) is 1. The van der Waals surface area contributed by atoms with Crippen LogP contribution in [0.15, 0.2) is 35.3 Å². The number of aromatic nitrogens is 2. The molecule has 0 saturated carbocycles. The van der Waals surface area contributed by atoms with E-state index in [0.29, 0.717) is 0 Å². The highest BCUT2D eigenvalue weighted by molar-refractivity contribution is 5.04. The van der Waals surface area contributed by atoms with E-state index >= 15 is 0 Å². The van der Waals surface area contributed by atoms with Crippen LogP contribution >= 0.6 is 0 Å². The second kappa shape index (κ2) is 4.11. The van der Waals surface area contributed by atoms with Crippen molar-refractivity contribution in [2.24, 2.45) is 0 Å². The van der Waals surface area contributed by atoms with E-state index in [2.05, 4.69) is 22.2 Å². The predicted molar refractivity (Wildman–Crippen MR) is 52.6 cm³/mol. The van der Waals surface area contributed by atoms with Crippen molar-refractivity contribution in [2.75, 3.05) is 0 Å². The summed E-state index contributed by atoms with van der Waals surface area (Å²) in [6.07, 6.45) is 5.17. The van der Waals surface area contributed by atoms with Gasteiger partial charge in [0.1, 0.15) is 5.76 Å². The quantitative estimate of drug-likeness (QED) is 0.775. The molecule has 0 aliphatic rings. The average Bonchev–Trinajstić information content (AvgIpc) is 2.87. The number of hydrogen-bond acceptors (Lipinski definition) is 3. The Morgan fingerprint density at radius 1 is 1.64 bits per heavy atom. The van der Waals surface area contributed by atoms with Gasteiger partial charge in [0.25, 0.3) is 0 Å². The molecule has 0 amide bonds. The number of nitrogens with one attached hydrogen (secondary N) is 2. The summed E-state index contributed by atoms with van der Waals surface area (Å²) in [5.41, 5.74) is 1.07. The second-order valence-electron chi connectivity index (χ2n) is 3.19. The Labute approximate surface area is 82.4 Å². The molecule has 0 spiro atoms. The fraction of sp³-hybridized carbons (Fsp3) is 0.300. The molecule has 74 valence electrons. The fourth-order valence-corrected chi connectivity index (χ4v) is 1.28. The maximum absolute atomic E-state index is 5.28. The Balaban J connectivity index is 1.87. The third-order valence-electron chi connectivity index (χ3n) is 2.12. The van der Waals surface area contributed by atoms with Gasteiger partial charge in [-0.1, -0.05) is 0 Å². The third kappa shape index (κ3) is 2.03. The zero-order valence-corrected chi connectivity index (χ0v) is 8.03. The van der Waals surface area contributed by atoms with Crippen LogP contribution in [0.4, 0.5) is 0 Å². The van der Waals surface area contributed by atoms with E-state index in [4.69, 9.17) is 4.42 Å². The molecule has 14 heavy (non-hydrogen) atoms. The third-order valence-corrected chi connectivity index (χ3v) is 2.12. The van der Waals surface area contributed by atoms with Crippen LogP contribution in [-0.4, -0.2) is 9.97 Å². The first-order valence-electron chi connectivity index (χ1n) is 4.60. The zero-order valence-electron chi connectivity index (χ0n) is 8.03. The minimum absolute atomic E-state index is 0.216. The highest BCUT2D eigenvalue weighted by Gasteiger charge is 2.06. The number of hydrogen-bond donors (Lipinski definition) is 2. The molecule has 0 bridgehead atoms. The van der Waals surface area contributed by atoms with E-state index in [0.717, 1.165) is 18.0 Å². The number of imidazole rings is 1. The van der Waals surface area contributed by atoms with Gasteiger partial charge in [-0.15, -0.1) is 0 Å². The van der Waals surface area contributed by atoms with Gasteiger partial charge in [-0.05, 0) is 19.1 Å². The molecule has 4 heteroatoms. The summed E-state index contributed by atoms with van der Waals surface area (Å²) in [6.45, 7) is 2.83. The first kappa shape index (κ1) is 9.02. The van der Waals surface area contributed by atoms with Gasteiger partial charge in [-0.25, -0.2) is 4.98 Å². The number of H-pyrrole nitrogens is 1. The lowest BCUT2D eigenvalue weighted by atomic mass is 10.2. The lowest BCUT2D eigenvalue weighted by Crippen LogP contribution is -2.17. The van der Waals surface area contributed by atoms with E-state index in [1.807, 2.05) is 18.3 Å². The lowest BCUT2D eigenvalue weighted by Gasteiger charge is -2.09. The van der Waals surface area contributed by atoms with Gasteiger partial charge in [-0.3, -0.25) is 0 Å². The van der Waals surface area contributed by atoms with Gasteiger partial charge in [0, 0.05) is 18.4 Å². The van der Waals surface area contributed by atoms with E-state index in [-0.39, 0.29) is 6.04 Å². The Morgan fingerprint density at radius 3 is 3.21 bits per heavy atom. The molecule has 0 unspecified atom stereocenters. The van der Waals surface area contributed by atoms with Crippen molar-refractivity contribution in [1.82, 2.24) is 15.3 Å². The predicted octanol–water partition coefficient (Wildman–Crippen LogP) is 1.85. The molecule has 0 aliphatic carbocycles. The number of furan rings is 1. The van der Waals surface area contributed by atoms with Gasteiger partial charge in [-0.2, -0.15) is 0 Å². The first-order chi connectivity index (χ1) is 6.86. The van der Waals surface area contributed by atoms with Gasteiger partial charge in [0.2, 0.25) is 0 Å². The largest absolute Gasteiger partial charge is 0.468 e. The molecule has 2 aromatic heterocycles. The van der Waals surface area contributed by atoms with Crippen LogP contribution in [-0.2, 0) is 6.54 Å². The van der Waals surface area contributed by atoms with E-state index in [9.17, 15) is 0 Å². The van der Waals surface area contributed by atoms with Crippen LogP contribution in [0.5, 0.6) is 0 Å². The minimum atomic E-state index is 0.216. The molecule has 0 saturated heterocycles. The summed E-state index contributed by atoms with van der Waals surface area (Å²) < 4.78 is 5.28. The highest BCUT2D eigenvalue weighted by Crippen LogP contribution is 2.12. The molecular formula is C10H13N3O. The van der Waals surface area contributed by atoms with Crippen LogP contribution in [0.2, 0.25) is 0 Å². The molecule has 0 aliphatic heterocycles. The first-order valence-corrected chi connectivity index (χ1v) is 4.60. The van der Waals surface area contributed by atoms with E-state index in [1.54, 1.807) is 12.6 Å². The molecule has 0 radical (unpaired) electrons. The number of rotatable bonds is 4. The Kier molecular flexibility index (Phi) is 2.65. The summed E-state index contributed by atoms with van der Waals surface area (Å²) in [7, 11) is 0. The molecule has 0 fully saturated rings. The van der Waals surface area contributed by atoms with Crippen LogP contribution in [0, 0.1) is 0 Å². The lowest BCUT2D eigenvalue weighted by molar-refractivity contribution is 0.429. The van der Waals surface area contributed by atoms with Crippen LogP contribution in [0.3, 0.4) is 0 Å². The zero-order chi connectivity index (χ0) is 9.80. The Morgan fingerprint density at radius 2 is 2.57 bits per heavy atom. The maximum atomic E-state index is 5.28. The SMILES string of the molecule is C[C@@H](NCc1cnc[nH]1)c1ccco1. The van der Waals surface area contributed by atoms with Crippen molar-refractivity contribution in [3.8, 4) is 0 Å². The average molecular weight is 191 g/mol. The Hall–Kier alpha value is -1.55. The summed E-state index contributed by atoms with van der Waals surface area (Å²) in [5, 5.41) is 3.32. The summed E-state index contributed by atoms with van der Waals surface area (Å²) in [4.78, 5) is 6.98. The molecule has 2 rings (SSSR count). The van der Waals surface area contributed by atoms with Crippen molar-refractivity contribution < 1.29 is 4.42 Å². The topological polar surface area (TPSA) is 53.9 Å². The van der Waals surface area contributed by atoms with Gasteiger partial charge < -0.3 is 14.7 Å². The van der Waals surface area contributed by atoms with Crippen molar-refractivity contribution in [2.45, 2.75) is 19.5 Å². The van der Waals surface area contributed by atoms with Crippen LogP contribution in [0.1, 0.15) is 24.4 Å². The van der Waals surface area contributed by atoms with Crippen molar-refractivity contribution >= 4 is 0 Å². The standard InChI is InChI=1S/C10H13N3O/c1-8(10-3-2-4-14-10)12-6-9-5-11-7-13-9/h2-5,7-8,12H,6H2,1H3,(H,11,13)/t8-/m1/s1. The summed E-state index contributed by atoms with van der Waals surface area (Å²) in [6, 6.07) is 4.07. The molecule has 0 aromatic carbocycles. The maximum Gasteiger partial charge on any atom is 0.120 e. The van der Waals surface area contributed by atoms with Crippen molar-refractivity contribution in [3.63, 3.8) is 0 Å². The molecule has 2 aromatic rings. The van der Waals surface area contributed by atoms with Gasteiger partial charge >= 0.3 is 0 Å². The van der Waals surface area contributed by atoms with Crippen molar-refractivity contribution in [3.05, 3.63) is 42.4 Å². The van der Waals surface area contributed by atoms with E-state index < -0.39 is 0 Å². The fourth-order valence-electron chi connectivity index (χ4n) is 1.28. The smallest absolute Gasteiger partial charge is 0.120 e. The van der Waals surface area contributed by atoms with E-state index in [1.165, 1.54) is 0 Å². The Bertz CT molecular complexity index is 353.